The maximum atomic E-state index is 8.55. The molecule has 0 aliphatic rings. The first-order valence-electron chi connectivity index (χ1n) is 4.10. The highest BCUT2D eigenvalue weighted by atomic mass is 14.2. The monoisotopic (exact) mass is 170 g/mol. The van der Waals surface area contributed by atoms with Crippen molar-refractivity contribution in [2.45, 2.75) is 19.8 Å². The largest absolute Gasteiger partial charge is 0.198 e. The number of rotatable bonds is 2. The van der Waals surface area contributed by atoms with E-state index in [9.17, 15) is 0 Å². The van der Waals surface area contributed by atoms with Crippen LogP contribution in [0.1, 0.15) is 16.7 Å². The number of benzene rings is 1. The number of nitrogens with zero attached hydrogens (tertiary/aromatic N) is 2. The zero-order valence-corrected chi connectivity index (χ0v) is 7.54. The third-order valence-corrected chi connectivity index (χ3v) is 1.97. The lowest BCUT2D eigenvalue weighted by molar-refractivity contribution is 1.17. The summed E-state index contributed by atoms with van der Waals surface area (Å²) in [5, 5.41) is 17.0. The Labute approximate surface area is 78.0 Å². The van der Waals surface area contributed by atoms with Crippen molar-refractivity contribution in [1.29, 1.82) is 10.5 Å². The molecule has 13 heavy (non-hydrogen) atoms. The van der Waals surface area contributed by atoms with Gasteiger partial charge in [-0.25, -0.2) is 0 Å². The zero-order chi connectivity index (χ0) is 9.68. The van der Waals surface area contributed by atoms with Gasteiger partial charge in [0.1, 0.15) is 0 Å². The lowest BCUT2D eigenvalue weighted by Crippen LogP contribution is -1.90. The molecule has 0 saturated carbocycles. The fraction of sp³-hybridized carbons (Fsp3) is 0.273. The van der Waals surface area contributed by atoms with E-state index in [2.05, 4.69) is 12.1 Å². The minimum absolute atomic E-state index is 0.415. The van der Waals surface area contributed by atoms with E-state index in [0.717, 1.165) is 16.7 Å². The van der Waals surface area contributed by atoms with Crippen molar-refractivity contribution in [1.82, 2.24) is 0 Å². The van der Waals surface area contributed by atoms with Crippen molar-refractivity contribution in [3.63, 3.8) is 0 Å². The van der Waals surface area contributed by atoms with Crippen molar-refractivity contribution in [3.8, 4) is 12.1 Å². The van der Waals surface area contributed by atoms with Gasteiger partial charge in [0.25, 0.3) is 0 Å². The summed E-state index contributed by atoms with van der Waals surface area (Å²) in [5.74, 6) is 0. The van der Waals surface area contributed by atoms with E-state index < -0.39 is 0 Å². The standard InChI is InChI=1S/C11H10N2/c1-9-2-3-10(4-6-12)8-11(9)5-7-13/h2-3,8H,4-5H2,1H3. The molecule has 0 N–H and O–H groups in total. The molecule has 2 nitrogen and oxygen atoms in total. The van der Waals surface area contributed by atoms with Crippen LogP contribution in [0, 0.1) is 29.6 Å². The summed E-state index contributed by atoms with van der Waals surface area (Å²) in [7, 11) is 0. The molecule has 1 rings (SSSR count). The summed E-state index contributed by atoms with van der Waals surface area (Å²) in [6, 6.07) is 10.0. The lowest BCUT2D eigenvalue weighted by atomic mass is 10.0. The Morgan fingerprint density at radius 2 is 1.85 bits per heavy atom. The normalized spacial score (nSPS) is 8.85. The SMILES string of the molecule is Cc1ccc(CC#N)cc1CC#N. The van der Waals surface area contributed by atoms with Gasteiger partial charge in [-0.05, 0) is 23.6 Å². The smallest absolute Gasteiger partial charge is 0.0669 e. The van der Waals surface area contributed by atoms with Crippen molar-refractivity contribution in [3.05, 3.63) is 34.9 Å². The van der Waals surface area contributed by atoms with Crippen LogP contribution in [0.2, 0.25) is 0 Å². The maximum Gasteiger partial charge on any atom is 0.0669 e. The Bertz CT molecular complexity index is 380. The molecule has 0 aromatic heterocycles. The molecule has 0 radical (unpaired) electrons. The number of nitriles is 2. The first-order valence-corrected chi connectivity index (χ1v) is 4.10. The average Bonchev–Trinajstić information content (AvgIpc) is 2.12. The fourth-order valence-electron chi connectivity index (χ4n) is 1.20. The molecule has 0 fully saturated rings. The predicted octanol–water partition coefficient (Wildman–Crippen LogP) is 2.13. The minimum Gasteiger partial charge on any atom is -0.198 e. The molecule has 0 bridgehead atoms. The first kappa shape index (κ1) is 9.29. The van der Waals surface area contributed by atoms with Gasteiger partial charge >= 0.3 is 0 Å². The summed E-state index contributed by atoms with van der Waals surface area (Å²) in [6.07, 6.45) is 0.837. The second-order valence-electron chi connectivity index (χ2n) is 2.93. The molecule has 64 valence electrons. The molecule has 2 heteroatoms. The third kappa shape index (κ3) is 2.32. The van der Waals surface area contributed by atoms with Crippen LogP contribution in [0.4, 0.5) is 0 Å². The van der Waals surface area contributed by atoms with Crippen molar-refractivity contribution >= 4 is 0 Å². The second-order valence-corrected chi connectivity index (χ2v) is 2.93. The molecule has 0 aliphatic heterocycles. The van der Waals surface area contributed by atoms with Crippen LogP contribution in [0.15, 0.2) is 18.2 Å². The van der Waals surface area contributed by atoms with Crippen LogP contribution < -0.4 is 0 Å². The summed E-state index contributed by atoms with van der Waals surface area (Å²) in [6.45, 7) is 1.98. The topological polar surface area (TPSA) is 47.6 Å². The molecule has 1 aromatic carbocycles. The van der Waals surface area contributed by atoms with Gasteiger partial charge in [-0.2, -0.15) is 10.5 Å². The molecule has 0 amide bonds. The fourth-order valence-corrected chi connectivity index (χ4v) is 1.20. The lowest BCUT2D eigenvalue weighted by Gasteiger charge is -2.02. The molecule has 0 spiro atoms. The van der Waals surface area contributed by atoms with Crippen LogP contribution in [0.3, 0.4) is 0 Å². The van der Waals surface area contributed by atoms with Gasteiger partial charge in [0.2, 0.25) is 0 Å². The summed E-state index contributed by atoms with van der Waals surface area (Å²) < 4.78 is 0. The summed E-state index contributed by atoms with van der Waals surface area (Å²) in [5.41, 5.74) is 3.12. The van der Waals surface area contributed by atoms with E-state index in [4.69, 9.17) is 10.5 Å². The first-order chi connectivity index (χ1) is 6.27. The van der Waals surface area contributed by atoms with E-state index >= 15 is 0 Å². The highest BCUT2D eigenvalue weighted by Crippen LogP contribution is 2.11. The van der Waals surface area contributed by atoms with Gasteiger partial charge in [0.05, 0.1) is 25.0 Å². The second kappa shape index (κ2) is 4.28. The molecule has 0 heterocycles. The Hall–Kier alpha value is -1.80. The molecular formula is C11H10N2. The Balaban J connectivity index is 2.99. The molecule has 0 unspecified atom stereocenters. The van der Waals surface area contributed by atoms with Gasteiger partial charge in [-0.3, -0.25) is 0 Å². The van der Waals surface area contributed by atoms with Gasteiger partial charge < -0.3 is 0 Å². The number of hydrogen-bond acceptors (Lipinski definition) is 2. The zero-order valence-electron chi connectivity index (χ0n) is 7.54. The van der Waals surface area contributed by atoms with Crippen LogP contribution >= 0.6 is 0 Å². The van der Waals surface area contributed by atoms with E-state index in [1.807, 2.05) is 25.1 Å². The highest BCUT2D eigenvalue weighted by molar-refractivity contribution is 5.33. The van der Waals surface area contributed by atoms with E-state index in [1.54, 1.807) is 0 Å². The van der Waals surface area contributed by atoms with Crippen LogP contribution in [-0.4, -0.2) is 0 Å². The minimum atomic E-state index is 0.415. The molecule has 1 aromatic rings. The summed E-state index contributed by atoms with van der Waals surface area (Å²) >= 11 is 0. The van der Waals surface area contributed by atoms with Crippen molar-refractivity contribution < 1.29 is 0 Å². The number of aryl methyl sites for hydroxylation is 1. The van der Waals surface area contributed by atoms with E-state index in [1.165, 1.54) is 0 Å². The Morgan fingerprint density at radius 1 is 1.15 bits per heavy atom. The van der Waals surface area contributed by atoms with Crippen molar-refractivity contribution in [2.75, 3.05) is 0 Å². The van der Waals surface area contributed by atoms with Crippen LogP contribution in [-0.2, 0) is 12.8 Å². The molecule has 0 aliphatic carbocycles. The Morgan fingerprint density at radius 3 is 2.46 bits per heavy atom. The molecule has 0 saturated heterocycles. The van der Waals surface area contributed by atoms with Gasteiger partial charge in [0, 0.05) is 0 Å². The third-order valence-electron chi connectivity index (χ3n) is 1.97. The van der Waals surface area contributed by atoms with Crippen LogP contribution in [0.5, 0.6) is 0 Å². The van der Waals surface area contributed by atoms with Gasteiger partial charge in [-0.15, -0.1) is 0 Å². The van der Waals surface area contributed by atoms with Crippen LogP contribution in [0.25, 0.3) is 0 Å². The quantitative estimate of drug-likeness (QED) is 0.682. The van der Waals surface area contributed by atoms with Gasteiger partial charge in [-0.1, -0.05) is 18.2 Å². The predicted molar refractivity (Wildman–Crippen MR) is 49.8 cm³/mol. The van der Waals surface area contributed by atoms with Gasteiger partial charge in [0.15, 0.2) is 0 Å². The van der Waals surface area contributed by atoms with Crippen molar-refractivity contribution in [2.24, 2.45) is 0 Å². The highest BCUT2D eigenvalue weighted by Gasteiger charge is 1.99. The van der Waals surface area contributed by atoms with E-state index in [0.29, 0.717) is 12.8 Å². The maximum absolute atomic E-state index is 8.55. The molecular weight excluding hydrogens is 160 g/mol. The number of hydrogen-bond donors (Lipinski definition) is 0. The van der Waals surface area contributed by atoms with E-state index in [-0.39, 0.29) is 0 Å². The summed E-state index contributed by atoms with van der Waals surface area (Å²) in [4.78, 5) is 0. The molecule has 0 atom stereocenters. The Kier molecular flexibility index (Phi) is 3.06. The average molecular weight is 170 g/mol.